The summed E-state index contributed by atoms with van der Waals surface area (Å²) >= 11 is 0. The number of aryl methyl sites for hydroxylation is 1. The molecule has 0 amide bonds. The van der Waals surface area contributed by atoms with Gasteiger partial charge in [0.15, 0.2) is 0 Å². The van der Waals surface area contributed by atoms with Crippen molar-refractivity contribution in [3.05, 3.63) is 48.0 Å². The van der Waals surface area contributed by atoms with Gasteiger partial charge in [-0.1, -0.05) is 6.07 Å². The number of hydrogen-bond acceptors (Lipinski definition) is 4. The fraction of sp³-hybridized carbons (Fsp3) is 0.471. The SMILES string of the molecule is Cc1ccc(CN2CC3CCC2C3Oc2ccccn2)o1. The van der Waals surface area contributed by atoms with Crippen LogP contribution in [-0.4, -0.2) is 28.6 Å². The Kier molecular flexibility index (Phi) is 3.19. The second kappa shape index (κ2) is 5.19. The number of likely N-dealkylation sites (tertiary alicyclic amines) is 1. The number of hydrogen-bond donors (Lipinski definition) is 0. The van der Waals surface area contributed by atoms with Crippen LogP contribution in [0.3, 0.4) is 0 Å². The largest absolute Gasteiger partial charge is 0.472 e. The Labute approximate surface area is 124 Å². The molecule has 4 rings (SSSR count). The van der Waals surface area contributed by atoms with Crippen LogP contribution in [0.4, 0.5) is 0 Å². The van der Waals surface area contributed by atoms with Gasteiger partial charge < -0.3 is 9.15 Å². The minimum Gasteiger partial charge on any atom is -0.472 e. The van der Waals surface area contributed by atoms with Crippen LogP contribution in [0.25, 0.3) is 0 Å². The molecule has 4 nitrogen and oxygen atoms in total. The fourth-order valence-corrected chi connectivity index (χ4v) is 3.73. The summed E-state index contributed by atoms with van der Waals surface area (Å²) in [4.78, 5) is 6.79. The highest BCUT2D eigenvalue weighted by Gasteiger charge is 2.48. The molecular formula is C17H20N2O2. The quantitative estimate of drug-likeness (QED) is 0.865. The fourth-order valence-electron chi connectivity index (χ4n) is 3.73. The standard InChI is InChI=1S/C17H20N2O2/c1-12-5-7-14(20-12)11-19-10-13-6-8-15(19)17(13)21-16-4-2-3-9-18-16/h2-5,7,9,13,15,17H,6,8,10-11H2,1H3. The zero-order valence-corrected chi connectivity index (χ0v) is 12.2. The van der Waals surface area contributed by atoms with Crippen molar-refractivity contribution >= 4 is 0 Å². The Bertz CT molecular complexity index is 610. The topological polar surface area (TPSA) is 38.5 Å². The molecule has 4 heteroatoms. The molecule has 0 spiro atoms. The molecule has 1 saturated heterocycles. The zero-order valence-electron chi connectivity index (χ0n) is 12.2. The molecule has 0 radical (unpaired) electrons. The molecular weight excluding hydrogens is 264 g/mol. The van der Waals surface area contributed by atoms with E-state index in [1.165, 1.54) is 12.8 Å². The summed E-state index contributed by atoms with van der Waals surface area (Å²) in [5.41, 5.74) is 0. The van der Waals surface area contributed by atoms with Crippen LogP contribution in [0, 0.1) is 12.8 Å². The first-order valence-electron chi connectivity index (χ1n) is 7.66. The predicted molar refractivity (Wildman–Crippen MR) is 79.0 cm³/mol. The van der Waals surface area contributed by atoms with E-state index in [1.54, 1.807) is 6.20 Å². The maximum atomic E-state index is 6.15. The van der Waals surface area contributed by atoms with Crippen molar-refractivity contribution < 1.29 is 9.15 Å². The minimum absolute atomic E-state index is 0.274. The maximum Gasteiger partial charge on any atom is 0.213 e. The first kappa shape index (κ1) is 12.9. The van der Waals surface area contributed by atoms with E-state index in [4.69, 9.17) is 9.15 Å². The summed E-state index contributed by atoms with van der Waals surface area (Å²) in [6, 6.07) is 10.4. The van der Waals surface area contributed by atoms with E-state index in [9.17, 15) is 0 Å². The summed E-state index contributed by atoms with van der Waals surface area (Å²) in [6.07, 6.45) is 4.53. The highest BCUT2D eigenvalue weighted by Crippen LogP contribution is 2.40. The lowest BCUT2D eigenvalue weighted by atomic mass is 10.1. The van der Waals surface area contributed by atoms with Gasteiger partial charge in [0.2, 0.25) is 5.88 Å². The highest BCUT2D eigenvalue weighted by molar-refractivity contribution is 5.13. The van der Waals surface area contributed by atoms with Gasteiger partial charge in [0.25, 0.3) is 0 Å². The van der Waals surface area contributed by atoms with E-state index >= 15 is 0 Å². The highest BCUT2D eigenvalue weighted by atomic mass is 16.5. The van der Waals surface area contributed by atoms with Crippen molar-refractivity contribution in [3.8, 4) is 5.88 Å². The van der Waals surface area contributed by atoms with Gasteiger partial charge in [0.1, 0.15) is 17.6 Å². The zero-order chi connectivity index (χ0) is 14.2. The van der Waals surface area contributed by atoms with Crippen molar-refractivity contribution in [1.82, 2.24) is 9.88 Å². The third-order valence-electron chi connectivity index (χ3n) is 4.66. The van der Waals surface area contributed by atoms with E-state index in [-0.39, 0.29) is 6.10 Å². The summed E-state index contributed by atoms with van der Waals surface area (Å²) in [5.74, 6) is 3.40. The molecule has 3 unspecified atom stereocenters. The van der Waals surface area contributed by atoms with Gasteiger partial charge >= 0.3 is 0 Å². The van der Waals surface area contributed by atoms with E-state index in [0.717, 1.165) is 30.5 Å². The third kappa shape index (κ3) is 2.44. The Balaban J connectivity index is 1.46. The molecule has 3 heterocycles. The molecule has 0 N–H and O–H groups in total. The van der Waals surface area contributed by atoms with E-state index in [0.29, 0.717) is 12.0 Å². The van der Waals surface area contributed by atoms with Gasteiger partial charge in [-0.05, 0) is 38.0 Å². The summed E-state index contributed by atoms with van der Waals surface area (Å²) in [5, 5.41) is 0. The van der Waals surface area contributed by atoms with Crippen LogP contribution in [0.15, 0.2) is 40.9 Å². The number of piperidine rings is 1. The van der Waals surface area contributed by atoms with Crippen LogP contribution < -0.4 is 4.74 Å². The van der Waals surface area contributed by atoms with Crippen LogP contribution in [0.1, 0.15) is 24.4 Å². The number of aromatic nitrogens is 1. The van der Waals surface area contributed by atoms with Crippen molar-refractivity contribution in [1.29, 1.82) is 0 Å². The Morgan fingerprint density at radius 1 is 1.29 bits per heavy atom. The summed E-state index contributed by atoms with van der Waals surface area (Å²) in [6.45, 7) is 3.98. The first-order chi connectivity index (χ1) is 10.3. The Morgan fingerprint density at radius 2 is 2.24 bits per heavy atom. The number of nitrogens with zero attached hydrogens (tertiary/aromatic N) is 2. The molecule has 3 atom stereocenters. The van der Waals surface area contributed by atoms with Gasteiger partial charge in [-0.15, -0.1) is 0 Å². The van der Waals surface area contributed by atoms with Crippen LogP contribution in [-0.2, 0) is 6.54 Å². The molecule has 1 aliphatic heterocycles. The lowest BCUT2D eigenvalue weighted by molar-refractivity contribution is 0.132. The van der Waals surface area contributed by atoms with Crippen molar-refractivity contribution in [3.63, 3.8) is 0 Å². The molecule has 21 heavy (non-hydrogen) atoms. The number of pyridine rings is 1. The van der Waals surface area contributed by atoms with Crippen molar-refractivity contribution in [2.45, 2.75) is 38.5 Å². The van der Waals surface area contributed by atoms with Crippen LogP contribution in [0.5, 0.6) is 5.88 Å². The van der Waals surface area contributed by atoms with E-state index in [1.807, 2.05) is 31.2 Å². The molecule has 2 aromatic rings. The van der Waals surface area contributed by atoms with Crippen molar-refractivity contribution in [2.24, 2.45) is 5.92 Å². The first-order valence-corrected chi connectivity index (χ1v) is 7.66. The molecule has 1 saturated carbocycles. The summed E-state index contributed by atoms with van der Waals surface area (Å²) < 4.78 is 11.9. The van der Waals surface area contributed by atoms with Gasteiger partial charge in [0.05, 0.1) is 6.54 Å². The molecule has 110 valence electrons. The number of furan rings is 1. The number of ether oxygens (including phenoxy) is 1. The monoisotopic (exact) mass is 284 g/mol. The molecule has 1 aliphatic carbocycles. The molecule has 0 aromatic carbocycles. The average Bonchev–Trinajstić information content (AvgIpc) is 3.16. The summed E-state index contributed by atoms with van der Waals surface area (Å²) in [7, 11) is 0. The second-order valence-electron chi connectivity index (χ2n) is 6.10. The average molecular weight is 284 g/mol. The lowest BCUT2D eigenvalue weighted by Gasteiger charge is -2.25. The predicted octanol–water partition coefficient (Wildman–Crippen LogP) is 3.02. The van der Waals surface area contributed by atoms with E-state index in [2.05, 4.69) is 16.0 Å². The van der Waals surface area contributed by atoms with Gasteiger partial charge in [-0.3, -0.25) is 4.90 Å². The van der Waals surface area contributed by atoms with E-state index < -0.39 is 0 Å². The second-order valence-corrected chi connectivity index (χ2v) is 6.10. The lowest BCUT2D eigenvalue weighted by Crippen LogP contribution is -2.35. The van der Waals surface area contributed by atoms with Gasteiger partial charge in [0, 0.05) is 30.8 Å². The third-order valence-corrected chi connectivity index (χ3v) is 4.66. The molecule has 2 aromatic heterocycles. The minimum atomic E-state index is 0.274. The maximum absolute atomic E-state index is 6.15. The molecule has 2 bridgehead atoms. The van der Waals surface area contributed by atoms with Gasteiger partial charge in [-0.2, -0.15) is 0 Å². The Hall–Kier alpha value is -1.81. The van der Waals surface area contributed by atoms with Crippen LogP contribution in [0.2, 0.25) is 0 Å². The molecule has 2 fully saturated rings. The number of fused-ring (bicyclic) bond motifs is 2. The molecule has 2 aliphatic rings. The smallest absolute Gasteiger partial charge is 0.213 e. The van der Waals surface area contributed by atoms with Crippen LogP contribution >= 0.6 is 0 Å². The number of rotatable bonds is 4. The van der Waals surface area contributed by atoms with Crippen molar-refractivity contribution in [2.75, 3.05) is 6.54 Å². The van der Waals surface area contributed by atoms with Gasteiger partial charge in [-0.25, -0.2) is 4.98 Å². The normalized spacial score (nSPS) is 28.1. The Morgan fingerprint density at radius 3 is 3.00 bits per heavy atom.